The molecule has 0 aliphatic heterocycles. The number of carboxylic acid groups (broad SMARTS) is 1. The Morgan fingerprint density at radius 3 is 2.87 bits per heavy atom. The van der Waals surface area contributed by atoms with Crippen molar-refractivity contribution in [2.45, 2.75) is 0 Å². The lowest BCUT2D eigenvalue weighted by atomic mass is 10.3. The summed E-state index contributed by atoms with van der Waals surface area (Å²) >= 11 is 1.41. The summed E-state index contributed by atoms with van der Waals surface area (Å²) in [6.45, 7) is 0. The van der Waals surface area contributed by atoms with Crippen LogP contribution in [-0.2, 0) is 4.79 Å². The molecule has 0 spiro atoms. The molecule has 0 aliphatic carbocycles. The molecule has 0 fully saturated rings. The first-order valence-corrected chi connectivity index (χ1v) is 5.04. The number of para-hydroxylation sites is 1. The summed E-state index contributed by atoms with van der Waals surface area (Å²) in [5.41, 5.74) is 5.95. The maximum absolute atomic E-state index is 10.5. The zero-order valence-electron chi connectivity index (χ0n) is 7.68. The molecule has 0 saturated carbocycles. The third-order valence-electron chi connectivity index (χ3n) is 1.84. The summed E-state index contributed by atoms with van der Waals surface area (Å²) in [6.07, 6.45) is 1.37. The lowest BCUT2D eigenvalue weighted by molar-refractivity contribution is -0.132. The van der Waals surface area contributed by atoms with Crippen LogP contribution in [0, 0.1) is 0 Å². The number of thiazole rings is 1. The number of hydrogen-bond acceptors (Lipinski definition) is 4. The van der Waals surface area contributed by atoms with Crippen molar-refractivity contribution >= 4 is 33.6 Å². The molecule has 0 radical (unpaired) electrons. The fourth-order valence-corrected chi connectivity index (χ4v) is 2.07. The highest BCUT2D eigenvalue weighted by molar-refractivity contribution is 7.19. The maximum atomic E-state index is 10.5. The molecule has 1 heterocycles. The van der Waals surface area contributed by atoms with Crippen molar-refractivity contribution in [3.63, 3.8) is 0 Å². The van der Waals surface area contributed by atoms with Crippen LogP contribution in [0.4, 0.5) is 0 Å². The fraction of sp³-hybridized carbons (Fsp3) is 0. The Morgan fingerprint density at radius 1 is 1.47 bits per heavy atom. The number of benzene rings is 1. The number of aliphatic carboxylic acids is 1. The van der Waals surface area contributed by atoms with Gasteiger partial charge in [-0.25, -0.2) is 9.78 Å². The highest BCUT2D eigenvalue weighted by atomic mass is 32.1. The molecule has 4 nitrogen and oxygen atoms in total. The quantitative estimate of drug-likeness (QED) is 0.755. The normalized spacial score (nSPS) is 11.9. The molecule has 1 aromatic carbocycles. The van der Waals surface area contributed by atoms with Crippen LogP contribution >= 0.6 is 11.3 Å². The number of nitrogens with zero attached hydrogens (tertiary/aromatic N) is 1. The van der Waals surface area contributed by atoms with E-state index in [1.807, 2.05) is 24.3 Å². The fourth-order valence-electron chi connectivity index (χ4n) is 1.15. The van der Waals surface area contributed by atoms with E-state index in [0.29, 0.717) is 5.01 Å². The van der Waals surface area contributed by atoms with Gasteiger partial charge >= 0.3 is 5.97 Å². The van der Waals surface area contributed by atoms with Crippen LogP contribution in [0.2, 0.25) is 0 Å². The van der Waals surface area contributed by atoms with Gasteiger partial charge < -0.3 is 10.8 Å². The van der Waals surface area contributed by atoms with Crippen molar-refractivity contribution in [1.82, 2.24) is 4.98 Å². The van der Waals surface area contributed by atoms with E-state index < -0.39 is 5.97 Å². The first-order valence-electron chi connectivity index (χ1n) is 4.23. The Hall–Kier alpha value is -1.88. The predicted molar refractivity (Wildman–Crippen MR) is 59.4 cm³/mol. The standard InChI is InChI=1S/C10H8N2O2S/c11-6(10(13)14)5-9-12-7-3-1-2-4-8(7)15-9/h1-5H,11H2,(H,13,14)/b6-5-. The van der Waals surface area contributed by atoms with Crippen LogP contribution < -0.4 is 5.73 Å². The van der Waals surface area contributed by atoms with Gasteiger partial charge in [0.2, 0.25) is 0 Å². The van der Waals surface area contributed by atoms with Crippen LogP contribution in [-0.4, -0.2) is 16.1 Å². The summed E-state index contributed by atoms with van der Waals surface area (Å²) in [4.78, 5) is 14.7. The molecule has 1 aromatic heterocycles. The van der Waals surface area contributed by atoms with E-state index in [4.69, 9.17) is 10.8 Å². The summed E-state index contributed by atoms with van der Waals surface area (Å²) in [7, 11) is 0. The van der Waals surface area contributed by atoms with Gasteiger partial charge in [-0.1, -0.05) is 12.1 Å². The zero-order chi connectivity index (χ0) is 10.8. The largest absolute Gasteiger partial charge is 0.477 e. The summed E-state index contributed by atoms with van der Waals surface area (Å²) in [5.74, 6) is -1.13. The van der Waals surface area contributed by atoms with Crippen molar-refractivity contribution < 1.29 is 9.90 Å². The number of carbonyl (C=O) groups is 1. The smallest absolute Gasteiger partial charge is 0.351 e. The first-order chi connectivity index (χ1) is 7.16. The van der Waals surface area contributed by atoms with Crippen molar-refractivity contribution in [3.05, 3.63) is 35.0 Å². The molecule has 0 atom stereocenters. The number of fused-ring (bicyclic) bond motifs is 1. The van der Waals surface area contributed by atoms with Crippen LogP contribution in [0.5, 0.6) is 0 Å². The van der Waals surface area contributed by atoms with Gasteiger partial charge in [-0.15, -0.1) is 11.3 Å². The molecule has 76 valence electrons. The van der Waals surface area contributed by atoms with E-state index in [1.54, 1.807) is 0 Å². The second-order valence-electron chi connectivity index (χ2n) is 2.92. The topological polar surface area (TPSA) is 76.2 Å². The van der Waals surface area contributed by atoms with Gasteiger partial charge in [-0.2, -0.15) is 0 Å². The Labute approximate surface area is 89.7 Å². The van der Waals surface area contributed by atoms with Gasteiger partial charge in [0, 0.05) is 6.08 Å². The van der Waals surface area contributed by atoms with E-state index in [1.165, 1.54) is 17.4 Å². The molecular weight excluding hydrogens is 212 g/mol. The Bertz CT molecular complexity index is 512. The van der Waals surface area contributed by atoms with Crippen molar-refractivity contribution in [1.29, 1.82) is 0 Å². The molecule has 0 bridgehead atoms. The number of hydrogen-bond donors (Lipinski definition) is 2. The second-order valence-corrected chi connectivity index (χ2v) is 3.99. The first kappa shape index (κ1) is 9.67. The minimum atomic E-state index is -1.13. The Morgan fingerprint density at radius 2 is 2.20 bits per heavy atom. The Balaban J connectivity index is 2.46. The maximum Gasteiger partial charge on any atom is 0.351 e. The SMILES string of the molecule is N/C(=C\c1nc2ccccc2s1)C(=O)O. The lowest BCUT2D eigenvalue weighted by Crippen LogP contribution is -2.09. The zero-order valence-corrected chi connectivity index (χ0v) is 8.49. The number of aromatic nitrogens is 1. The van der Waals surface area contributed by atoms with Crippen LogP contribution in [0.3, 0.4) is 0 Å². The average molecular weight is 220 g/mol. The lowest BCUT2D eigenvalue weighted by Gasteiger charge is -1.89. The monoisotopic (exact) mass is 220 g/mol. The summed E-state index contributed by atoms with van der Waals surface area (Å²) in [5, 5.41) is 9.21. The second kappa shape index (κ2) is 3.70. The summed E-state index contributed by atoms with van der Waals surface area (Å²) < 4.78 is 1.02. The molecule has 0 unspecified atom stereocenters. The van der Waals surface area contributed by atoms with E-state index in [0.717, 1.165) is 10.2 Å². The molecule has 0 aliphatic rings. The van der Waals surface area contributed by atoms with Gasteiger partial charge in [-0.05, 0) is 12.1 Å². The molecule has 0 saturated heterocycles. The Kier molecular flexibility index (Phi) is 2.39. The molecule has 0 amide bonds. The average Bonchev–Trinajstić information content (AvgIpc) is 2.59. The van der Waals surface area contributed by atoms with Gasteiger partial charge in [0.15, 0.2) is 0 Å². The third kappa shape index (κ3) is 1.97. The molecule has 15 heavy (non-hydrogen) atoms. The predicted octanol–water partition coefficient (Wildman–Crippen LogP) is 1.68. The van der Waals surface area contributed by atoms with E-state index in [-0.39, 0.29) is 5.70 Å². The van der Waals surface area contributed by atoms with Crippen LogP contribution in [0.1, 0.15) is 5.01 Å². The minimum Gasteiger partial charge on any atom is -0.477 e. The van der Waals surface area contributed by atoms with Crippen LogP contribution in [0.15, 0.2) is 30.0 Å². The van der Waals surface area contributed by atoms with E-state index in [9.17, 15) is 4.79 Å². The van der Waals surface area contributed by atoms with Gasteiger partial charge in [0.1, 0.15) is 10.7 Å². The van der Waals surface area contributed by atoms with E-state index in [2.05, 4.69) is 4.98 Å². The van der Waals surface area contributed by atoms with Gasteiger partial charge in [-0.3, -0.25) is 0 Å². The van der Waals surface area contributed by atoms with Crippen molar-refractivity contribution in [2.24, 2.45) is 5.73 Å². The summed E-state index contributed by atoms with van der Waals surface area (Å²) in [6, 6.07) is 7.60. The molecule has 5 heteroatoms. The molecule has 2 aromatic rings. The third-order valence-corrected chi connectivity index (χ3v) is 2.82. The van der Waals surface area contributed by atoms with Crippen LogP contribution in [0.25, 0.3) is 16.3 Å². The van der Waals surface area contributed by atoms with Crippen molar-refractivity contribution in [2.75, 3.05) is 0 Å². The van der Waals surface area contributed by atoms with Gasteiger partial charge in [0.05, 0.1) is 10.2 Å². The van der Waals surface area contributed by atoms with E-state index >= 15 is 0 Å². The minimum absolute atomic E-state index is 0.200. The molecule has 2 rings (SSSR count). The van der Waals surface area contributed by atoms with Gasteiger partial charge in [0.25, 0.3) is 0 Å². The van der Waals surface area contributed by atoms with Crippen molar-refractivity contribution in [3.8, 4) is 0 Å². The number of rotatable bonds is 2. The number of nitrogens with two attached hydrogens (primary N) is 1. The molecular formula is C10H8N2O2S. The highest BCUT2D eigenvalue weighted by Gasteiger charge is 2.04. The molecule has 3 N–H and O–H groups in total. The number of carboxylic acids is 1. The highest BCUT2D eigenvalue weighted by Crippen LogP contribution is 2.22.